The second-order valence-electron chi connectivity index (χ2n) is 12.2. The number of alkyl halides is 1. The molecule has 0 spiro atoms. The smallest absolute Gasteiger partial charge is 0.114 e. The highest BCUT2D eigenvalue weighted by Crippen LogP contribution is 2.62. The molecule has 0 amide bonds. The van der Waals surface area contributed by atoms with E-state index in [0.29, 0.717) is 35.8 Å². The Kier molecular flexibility index (Phi) is 6.49. The normalized spacial score (nSPS) is 49.4. The first-order chi connectivity index (χ1) is 15.3. The number of rotatable bonds is 2. The summed E-state index contributed by atoms with van der Waals surface area (Å²) in [5.74, 6) is 5.38. The number of aliphatic hydroxyl groups excluding tert-OH is 1. The molecule has 0 aromatic heterocycles. The molecule has 0 bridgehead atoms. The van der Waals surface area contributed by atoms with Crippen molar-refractivity contribution in [3.8, 4) is 0 Å². The molecule has 0 aromatic rings. The van der Waals surface area contributed by atoms with Crippen molar-refractivity contribution in [2.45, 2.75) is 97.3 Å². The van der Waals surface area contributed by atoms with Gasteiger partial charge in [-0.25, -0.2) is 0 Å². The van der Waals surface area contributed by atoms with Gasteiger partial charge in [-0.2, -0.15) is 0 Å². The largest absolute Gasteiger partial charge is 0.493 e. The number of halogens is 1. The van der Waals surface area contributed by atoms with Crippen molar-refractivity contribution in [2.24, 2.45) is 35.0 Å². The van der Waals surface area contributed by atoms with Crippen LogP contribution in [0.3, 0.4) is 0 Å². The summed E-state index contributed by atoms with van der Waals surface area (Å²) in [6.45, 7) is 11.8. The standard InChI is InChI=1S/C28H44ClNO2/c1-17-13-26-27(30(16-17)12-11-29)18(2)5-7-22-23-8-6-20-14-21(31)9-10-28(20,4)25(23)15-24(22)19(3)32-26/h6,17-18,21-23,25-27,31H,5,7-16H2,1-4H3/b24-19-/t17?,18-,21-,22-,23?,25-,26+,27-,28?/m0/s1. The second kappa shape index (κ2) is 8.93. The molecule has 3 aliphatic carbocycles. The Morgan fingerprint density at radius 3 is 2.81 bits per heavy atom. The number of nitrogens with zero attached hydrogens (tertiary/aromatic N) is 1. The van der Waals surface area contributed by atoms with Gasteiger partial charge in [-0.15, -0.1) is 11.6 Å². The number of allylic oxidation sites excluding steroid dienone is 3. The van der Waals surface area contributed by atoms with Gasteiger partial charge in [-0.05, 0) is 98.9 Å². The Labute approximate surface area is 200 Å². The molecule has 1 N–H and O–H groups in total. The van der Waals surface area contributed by atoms with Gasteiger partial charge in [0.05, 0.1) is 11.9 Å². The van der Waals surface area contributed by atoms with Gasteiger partial charge >= 0.3 is 0 Å². The molecule has 2 aliphatic heterocycles. The Morgan fingerprint density at radius 1 is 1.22 bits per heavy atom. The Balaban J connectivity index is 1.45. The molecule has 5 rings (SSSR count). The minimum atomic E-state index is -0.129. The molecule has 5 aliphatic rings. The third-order valence-corrected chi connectivity index (χ3v) is 10.4. The van der Waals surface area contributed by atoms with E-state index in [1.807, 2.05) is 0 Å². The monoisotopic (exact) mass is 461 g/mol. The fraction of sp³-hybridized carbons (Fsp3) is 0.857. The van der Waals surface area contributed by atoms with E-state index >= 15 is 0 Å². The van der Waals surface area contributed by atoms with Gasteiger partial charge in [0.25, 0.3) is 0 Å². The van der Waals surface area contributed by atoms with E-state index in [0.717, 1.165) is 50.6 Å². The number of hydrogen-bond acceptors (Lipinski definition) is 3. The highest BCUT2D eigenvalue weighted by Gasteiger charge is 2.54. The first-order valence-electron chi connectivity index (χ1n) is 13.4. The first-order valence-corrected chi connectivity index (χ1v) is 13.9. The van der Waals surface area contributed by atoms with Crippen molar-refractivity contribution < 1.29 is 9.84 Å². The average molecular weight is 462 g/mol. The zero-order valence-corrected chi connectivity index (χ0v) is 21.4. The van der Waals surface area contributed by atoms with E-state index in [1.54, 1.807) is 11.1 Å². The molecular formula is C28H44ClNO2. The Morgan fingerprint density at radius 2 is 2.03 bits per heavy atom. The van der Waals surface area contributed by atoms with Crippen LogP contribution in [0.1, 0.15) is 79.1 Å². The van der Waals surface area contributed by atoms with Crippen molar-refractivity contribution in [3.63, 3.8) is 0 Å². The molecule has 2 heterocycles. The maximum Gasteiger partial charge on any atom is 0.114 e. The summed E-state index contributed by atoms with van der Waals surface area (Å²) < 4.78 is 6.94. The zero-order valence-electron chi connectivity index (χ0n) is 20.7. The fourth-order valence-electron chi connectivity index (χ4n) is 8.61. The summed E-state index contributed by atoms with van der Waals surface area (Å²) in [4.78, 5) is 2.64. The molecule has 3 unspecified atom stereocenters. The van der Waals surface area contributed by atoms with E-state index in [1.165, 1.54) is 31.4 Å². The number of likely N-dealkylation sites (tertiary alicyclic amines) is 1. The molecule has 3 nitrogen and oxygen atoms in total. The molecule has 3 fully saturated rings. The van der Waals surface area contributed by atoms with Crippen molar-refractivity contribution in [1.82, 2.24) is 4.90 Å². The highest BCUT2D eigenvalue weighted by atomic mass is 35.5. The van der Waals surface area contributed by atoms with Crippen LogP contribution in [0.2, 0.25) is 0 Å². The van der Waals surface area contributed by atoms with Crippen molar-refractivity contribution in [2.75, 3.05) is 19.0 Å². The van der Waals surface area contributed by atoms with Crippen LogP contribution in [-0.4, -0.2) is 47.2 Å². The molecule has 32 heavy (non-hydrogen) atoms. The number of ether oxygens (including phenoxy) is 1. The SMILES string of the molecule is C/C1=C2\C[C@H]3C(CC=C4C[C@@H](O)CCC43C)[C@@H]2CC[C@H](C)[C@H]2[C@@H](CC(C)CN2CCCl)O1. The molecule has 9 atom stereocenters. The molecule has 1 saturated heterocycles. The first kappa shape index (κ1) is 23.2. The van der Waals surface area contributed by atoms with Crippen LogP contribution >= 0.6 is 11.6 Å². The third-order valence-electron chi connectivity index (χ3n) is 10.2. The quantitative estimate of drug-likeness (QED) is 0.395. The molecule has 4 heteroatoms. The van der Waals surface area contributed by atoms with Crippen molar-refractivity contribution >= 4 is 11.6 Å². The lowest BCUT2D eigenvalue weighted by atomic mass is 9.56. The maximum absolute atomic E-state index is 10.3. The molecule has 0 aromatic carbocycles. The lowest BCUT2D eigenvalue weighted by Gasteiger charge is -2.49. The second-order valence-corrected chi connectivity index (χ2v) is 12.5. The number of aliphatic hydroxyl groups is 1. The van der Waals surface area contributed by atoms with E-state index in [2.05, 4.69) is 38.7 Å². The predicted octanol–water partition coefficient (Wildman–Crippen LogP) is 6.16. The topological polar surface area (TPSA) is 32.7 Å². The van der Waals surface area contributed by atoms with Gasteiger partial charge in [0.15, 0.2) is 0 Å². The molecule has 2 saturated carbocycles. The van der Waals surface area contributed by atoms with Gasteiger partial charge in [0, 0.05) is 25.0 Å². The summed E-state index contributed by atoms with van der Waals surface area (Å²) in [7, 11) is 0. The summed E-state index contributed by atoms with van der Waals surface area (Å²) in [6.07, 6.45) is 11.8. The van der Waals surface area contributed by atoms with Crippen LogP contribution in [0.15, 0.2) is 23.0 Å². The highest BCUT2D eigenvalue weighted by molar-refractivity contribution is 6.18. The fourth-order valence-corrected chi connectivity index (χ4v) is 8.83. The minimum Gasteiger partial charge on any atom is -0.493 e. The zero-order chi connectivity index (χ0) is 22.6. The van der Waals surface area contributed by atoms with Gasteiger partial charge in [-0.1, -0.05) is 32.4 Å². The number of fused-ring (bicyclic) bond motifs is 6. The van der Waals surface area contributed by atoms with E-state index in [-0.39, 0.29) is 11.5 Å². The van der Waals surface area contributed by atoms with Gasteiger partial charge in [0.2, 0.25) is 0 Å². The Bertz CT molecular complexity index is 777. The number of piperidine rings is 1. The summed E-state index contributed by atoms with van der Waals surface area (Å²) in [6, 6.07) is 0.491. The van der Waals surface area contributed by atoms with Gasteiger partial charge in [0.1, 0.15) is 6.10 Å². The van der Waals surface area contributed by atoms with E-state index in [4.69, 9.17) is 16.3 Å². The lowest BCUT2D eigenvalue weighted by molar-refractivity contribution is -0.0490. The maximum atomic E-state index is 10.3. The van der Waals surface area contributed by atoms with Gasteiger partial charge in [-0.3, -0.25) is 4.90 Å². The minimum absolute atomic E-state index is 0.129. The third kappa shape index (κ3) is 3.89. The molecule has 180 valence electrons. The average Bonchev–Trinajstić information content (AvgIpc) is 3.13. The van der Waals surface area contributed by atoms with Crippen molar-refractivity contribution in [3.05, 3.63) is 23.0 Å². The summed E-state index contributed by atoms with van der Waals surface area (Å²) >= 11 is 6.21. The van der Waals surface area contributed by atoms with Crippen LogP contribution in [0, 0.1) is 35.0 Å². The molecular weight excluding hydrogens is 418 g/mol. The van der Waals surface area contributed by atoms with Crippen LogP contribution in [0.4, 0.5) is 0 Å². The van der Waals surface area contributed by atoms with Crippen LogP contribution in [0.25, 0.3) is 0 Å². The van der Waals surface area contributed by atoms with Crippen molar-refractivity contribution in [1.29, 1.82) is 0 Å². The van der Waals surface area contributed by atoms with Crippen LogP contribution in [0.5, 0.6) is 0 Å². The Hall–Kier alpha value is -0.510. The predicted molar refractivity (Wildman–Crippen MR) is 132 cm³/mol. The van der Waals surface area contributed by atoms with E-state index in [9.17, 15) is 5.11 Å². The lowest BCUT2D eigenvalue weighted by Crippen LogP contribution is -2.55. The molecule has 0 radical (unpaired) electrons. The van der Waals surface area contributed by atoms with Gasteiger partial charge < -0.3 is 9.84 Å². The number of hydrogen-bond donors (Lipinski definition) is 1. The van der Waals surface area contributed by atoms with Crippen LogP contribution < -0.4 is 0 Å². The summed E-state index contributed by atoms with van der Waals surface area (Å²) in [5, 5.41) is 10.3. The summed E-state index contributed by atoms with van der Waals surface area (Å²) in [5.41, 5.74) is 3.46. The van der Waals surface area contributed by atoms with E-state index < -0.39 is 0 Å². The van der Waals surface area contributed by atoms with Crippen LogP contribution in [-0.2, 0) is 4.74 Å².